The topological polar surface area (TPSA) is 71.7 Å². The average molecular weight is 416 g/mol. The van der Waals surface area contributed by atoms with Crippen LogP contribution in [0.15, 0.2) is 4.52 Å². The summed E-state index contributed by atoms with van der Waals surface area (Å²) in [5.74, 6) is -0.960. The summed E-state index contributed by atoms with van der Waals surface area (Å²) < 4.78 is 48.8. The van der Waals surface area contributed by atoms with Gasteiger partial charge in [-0.15, -0.1) is 0 Å². The summed E-state index contributed by atoms with van der Waals surface area (Å²) in [5.41, 5.74) is -0.467. The summed E-state index contributed by atoms with van der Waals surface area (Å²) in [6.45, 7) is 2.92. The van der Waals surface area contributed by atoms with Crippen LogP contribution in [0.25, 0.3) is 0 Å². The van der Waals surface area contributed by atoms with E-state index >= 15 is 0 Å². The molecule has 1 aromatic rings. The summed E-state index contributed by atoms with van der Waals surface area (Å²) in [6.07, 6.45) is 2.70. The fraction of sp³-hybridized carbons (Fsp3) is 0.842. The van der Waals surface area contributed by atoms with Crippen molar-refractivity contribution in [1.29, 1.82) is 0 Å². The van der Waals surface area contributed by atoms with E-state index in [1.165, 1.54) is 12.8 Å². The third-order valence-corrected chi connectivity index (χ3v) is 6.24. The third-order valence-electron chi connectivity index (χ3n) is 6.24. The van der Waals surface area contributed by atoms with Crippen molar-refractivity contribution in [3.8, 4) is 0 Å². The summed E-state index contributed by atoms with van der Waals surface area (Å²) in [4.78, 5) is 20.3. The highest BCUT2D eigenvalue weighted by Crippen LogP contribution is 2.33. The van der Waals surface area contributed by atoms with Crippen molar-refractivity contribution in [2.24, 2.45) is 5.92 Å². The van der Waals surface area contributed by atoms with Gasteiger partial charge in [-0.3, -0.25) is 9.69 Å². The SMILES string of the molecule is O=C(C1CCCCCC1)N1CCC2(CN(Cc3nc(C(F)(F)F)no3)CCO2)C1. The number of carbonyl (C=O) groups excluding carboxylic acids is 1. The highest BCUT2D eigenvalue weighted by molar-refractivity contribution is 5.79. The number of carbonyl (C=O) groups is 1. The highest BCUT2D eigenvalue weighted by atomic mass is 19.4. The Balaban J connectivity index is 1.35. The Morgan fingerprint density at radius 2 is 1.90 bits per heavy atom. The van der Waals surface area contributed by atoms with Crippen LogP contribution >= 0.6 is 0 Å². The molecular weight excluding hydrogens is 389 g/mol. The fourth-order valence-electron chi connectivity index (χ4n) is 4.75. The van der Waals surface area contributed by atoms with Gasteiger partial charge >= 0.3 is 6.18 Å². The van der Waals surface area contributed by atoms with Crippen LogP contribution in [0, 0.1) is 5.92 Å². The zero-order chi connectivity index (χ0) is 20.5. The molecule has 7 nitrogen and oxygen atoms in total. The first-order valence-electron chi connectivity index (χ1n) is 10.4. The number of aromatic nitrogens is 2. The molecule has 29 heavy (non-hydrogen) atoms. The van der Waals surface area contributed by atoms with Gasteiger partial charge in [0, 0.05) is 25.6 Å². The molecule has 162 valence electrons. The molecule has 1 unspecified atom stereocenters. The van der Waals surface area contributed by atoms with Crippen molar-refractivity contribution >= 4 is 5.91 Å². The largest absolute Gasteiger partial charge is 0.455 e. The minimum Gasteiger partial charge on any atom is -0.370 e. The summed E-state index contributed by atoms with van der Waals surface area (Å²) in [5, 5.41) is 3.01. The van der Waals surface area contributed by atoms with E-state index in [1.807, 2.05) is 9.80 Å². The number of ether oxygens (including phenoxy) is 1. The minimum absolute atomic E-state index is 0.0567. The molecule has 3 fully saturated rings. The van der Waals surface area contributed by atoms with Crippen LogP contribution in [-0.2, 0) is 22.3 Å². The van der Waals surface area contributed by atoms with Crippen LogP contribution in [0.5, 0.6) is 0 Å². The zero-order valence-corrected chi connectivity index (χ0v) is 16.4. The first kappa shape index (κ1) is 20.6. The van der Waals surface area contributed by atoms with E-state index < -0.39 is 17.6 Å². The quantitative estimate of drug-likeness (QED) is 0.706. The number of alkyl halides is 3. The van der Waals surface area contributed by atoms with E-state index in [9.17, 15) is 18.0 Å². The lowest BCUT2D eigenvalue weighted by atomic mass is 9.98. The zero-order valence-electron chi connectivity index (χ0n) is 16.4. The van der Waals surface area contributed by atoms with Crippen LogP contribution in [-0.4, -0.2) is 64.2 Å². The number of amides is 1. The Morgan fingerprint density at radius 3 is 2.59 bits per heavy atom. The predicted molar refractivity (Wildman–Crippen MR) is 95.6 cm³/mol. The Labute approximate surface area is 167 Å². The maximum absolute atomic E-state index is 13.0. The van der Waals surface area contributed by atoms with E-state index in [-0.39, 0.29) is 24.3 Å². The molecule has 1 atom stereocenters. The van der Waals surface area contributed by atoms with Crippen molar-refractivity contribution in [3.05, 3.63) is 11.7 Å². The van der Waals surface area contributed by atoms with Gasteiger partial charge in [-0.25, -0.2) is 0 Å². The molecule has 0 aromatic carbocycles. The summed E-state index contributed by atoms with van der Waals surface area (Å²) in [7, 11) is 0. The van der Waals surface area contributed by atoms with Gasteiger partial charge < -0.3 is 14.2 Å². The smallest absolute Gasteiger partial charge is 0.370 e. The maximum atomic E-state index is 13.0. The van der Waals surface area contributed by atoms with Gasteiger partial charge in [0.2, 0.25) is 11.8 Å². The Morgan fingerprint density at radius 1 is 1.14 bits per heavy atom. The first-order valence-corrected chi connectivity index (χ1v) is 10.4. The number of halogens is 3. The number of hydrogen-bond acceptors (Lipinski definition) is 6. The molecule has 1 saturated carbocycles. The number of nitrogens with zero attached hydrogens (tertiary/aromatic N) is 4. The minimum atomic E-state index is -4.61. The lowest BCUT2D eigenvalue weighted by Gasteiger charge is -2.40. The van der Waals surface area contributed by atoms with Crippen LogP contribution in [0.4, 0.5) is 13.2 Å². The number of morpholine rings is 1. The Hall–Kier alpha value is -1.68. The monoisotopic (exact) mass is 416 g/mol. The van der Waals surface area contributed by atoms with Crippen LogP contribution in [0.3, 0.4) is 0 Å². The molecule has 2 saturated heterocycles. The second-order valence-electron chi connectivity index (χ2n) is 8.45. The van der Waals surface area contributed by atoms with E-state index in [0.29, 0.717) is 32.8 Å². The molecular formula is C19H27F3N4O3. The number of hydrogen-bond donors (Lipinski definition) is 0. The standard InChI is InChI=1S/C19H27F3N4O3/c20-19(21,22)17-23-15(29-24-17)11-25-9-10-28-18(12-25)7-8-26(13-18)16(27)14-5-3-1-2-4-6-14/h14H,1-13H2. The van der Waals surface area contributed by atoms with Gasteiger partial charge in [0.15, 0.2) is 0 Å². The van der Waals surface area contributed by atoms with Gasteiger partial charge in [0.1, 0.15) is 5.60 Å². The van der Waals surface area contributed by atoms with Gasteiger partial charge in [-0.2, -0.15) is 18.2 Å². The lowest BCUT2D eigenvalue weighted by molar-refractivity contribution is -0.146. The van der Waals surface area contributed by atoms with Crippen molar-refractivity contribution in [2.45, 2.75) is 63.3 Å². The second-order valence-corrected chi connectivity index (χ2v) is 8.45. The normalized spacial score (nSPS) is 27.5. The third kappa shape index (κ3) is 4.74. The van der Waals surface area contributed by atoms with E-state index in [4.69, 9.17) is 9.26 Å². The molecule has 1 spiro atoms. The summed E-state index contributed by atoms with van der Waals surface area (Å²) >= 11 is 0. The second kappa shape index (κ2) is 8.22. The van der Waals surface area contributed by atoms with Gasteiger partial charge in [0.25, 0.3) is 5.82 Å². The van der Waals surface area contributed by atoms with Crippen LogP contribution < -0.4 is 0 Å². The van der Waals surface area contributed by atoms with E-state index in [1.54, 1.807) is 0 Å². The summed E-state index contributed by atoms with van der Waals surface area (Å²) in [6, 6.07) is 0. The van der Waals surface area contributed by atoms with Crippen molar-refractivity contribution in [2.75, 3.05) is 32.8 Å². The van der Waals surface area contributed by atoms with Crippen molar-refractivity contribution < 1.29 is 27.2 Å². The molecule has 1 aromatic heterocycles. The van der Waals surface area contributed by atoms with Crippen LogP contribution in [0.1, 0.15) is 56.7 Å². The molecule has 0 bridgehead atoms. The highest BCUT2D eigenvalue weighted by Gasteiger charge is 2.45. The molecule has 2 aliphatic heterocycles. The number of rotatable bonds is 3. The molecule has 1 aliphatic carbocycles. The molecule has 10 heteroatoms. The van der Waals surface area contributed by atoms with Gasteiger partial charge in [-0.05, 0) is 19.3 Å². The molecule has 0 N–H and O–H groups in total. The molecule has 3 heterocycles. The fourth-order valence-corrected chi connectivity index (χ4v) is 4.75. The van der Waals surface area contributed by atoms with Gasteiger partial charge in [-0.1, -0.05) is 30.8 Å². The maximum Gasteiger partial charge on any atom is 0.455 e. The lowest BCUT2D eigenvalue weighted by Crippen LogP contribution is -2.53. The van der Waals surface area contributed by atoms with Crippen LogP contribution in [0.2, 0.25) is 0 Å². The van der Waals surface area contributed by atoms with Crippen molar-refractivity contribution in [3.63, 3.8) is 0 Å². The average Bonchev–Trinajstić information content (AvgIpc) is 3.20. The van der Waals surface area contributed by atoms with E-state index in [2.05, 4.69) is 10.1 Å². The Kier molecular flexibility index (Phi) is 5.83. The molecule has 4 rings (SSSR count). The van der Waals surface area contributed by atoms with Gasteiger partial charge in [0.05, 0.1) is 19.7 Å². The predicted octanol–water partition coefficient (Wildman–Crippen LogP) is 2.86. The molecule has 3 aliphatic rings. The Bertz CT molecular complexity index is 718. The van der Waals surface area contributed by atoms with Crippen molar-refractivity contribution in [1.82, 2.24) is 19.9 Å². The van der Waals surface area contributed by atoms with E-state index in [0.717, 1.165) is 32.1 Å². The number of likely N-dealkylation sites (tertiary alicyclic amines) is 1. The molecule has 0 radical (unpaired) electrons. The first-order chi connectivity index (χ1) is 13.8. The molecule has 1 amide bonds.